The third-order valence-electron chi connectivity index (χ3n) is 4.07. The van der Waals surface area contributed by atoms with Crippen molar-refractivity contribution in [3.63, 3.8) is 0 Å². The number of aliphatic hydroxyl groups is 1. The first-order chi connectivity index (χ1) is 8.72. The zero-order valence-corrected chi connectivity index (χ0v) is 10.8. The largest absolute Gasteiger partial charge is 0.483 e. The van der Waals surface area contributed by atoms with Crippen LogP contribution in [0, 0.1) is 0 Å². The predicted molar refractivity (Wildman–Crippen MR) is 67.5 cm³/mol. The van der Waals surface area contributed by atoms with Crippen molar-refractivity contribution in [2.24, 2.45) is 7.05 Å². The molecule has 2 aliphatic rings. The van der Waals surface area contributed by atoms with Gasteiger partial charge in [-0.25, -0.2) is 0 Å². The third-order valence-corrected chi connectivity index (χ3v) is 4.07. The summed E-state index contributed by atoms with van der Waals surface area (Å²) in [5.41, 5.74) is 0. The number of hydrogen-bond acceptors (Lipinski definition) is 4. The summed E-state index contributed by atoms with van der Waals surface area (Å²) >= 11 is 0. The topological polar surface area (TPSA) is 50.5 Å². The van der Waals surface area contributed by atoms with Crippen LogP contribution in [0.3, 0.4) is 0 Å². The lowest BCUT2D eigenvalue weighted by Crippen LogP contribution is -2.32. The van der Waals surface area contributed by atoms with Crippen LogP contribution in [0.15, 0.2) is 12.4 Å². The predicted octanol–water partition coefficient (Wildman–Crippen LogP) is 0.787. The summed E-state index contributed by atoms with van der Waals surface area (Å²) in [6.45, 7) is 1.58. The minimum atomic E-state index is -0.384. The molecule has 100 valence electrons. The van der Waals surface area contributed by atoms with Gasteiger partial charge in [-0.05, 0) is 12.8 Å². The average Bonchev–Trinajstić information content (AvgIpc) is 3.02. The Morgan fingerprint density at radius 3 is 2.78 bits per heavy atom. The number of nitrogens with zero attached hydrogens (tertiary/aromatic N) is 3. The molecule has 0 amide bonds. The fraction of sp³-hybridized carbons (Fsp3) is 0.769. The van der Waals surface area contributed by atoms with E-state index in [0.29, 0.717) is 6.04 Å². The quantitative estimate of drug-likeness (QED) is 0.863. The second-order valence-electron chi connectivity index (χ2n) is 5.47. The number of aryl methyl sites for hydroxylation is 1. The molecule has 1 N–H and O–H groups in total. The zero-order chi connectivity index (χ0) is 12.5. The highest BCUT2D eigenvalue weighted by Gasteiger charge is 2.37. The van der Waals surface area contributed by atoms with Crippen LogP contribution >= 0.6 is 0 Å². The lowest BCUT2D eigenvalue weighted by Gasteiger charge is -2.22. The number of likely N-dealkylation sites (tertiary alicyclic amines) is 1. The van der Waals surface area contributed by atoms with Crippen molar-refractivity contribution in [3.05, 3.63) is 12.4 Å². The zero-order valence-electron chi connectivity index (χ0n) is 10.8. The Hall–Kier alpha value is -1.07. The highest BCUT2D eigenvalue weighted by Crippen LogP contribution is 2.28. The first kappa shape index (κ1) is 12.0. The molecule has 2 atom stereocenters. The van der Waals surface area contributed by atoms with Crippen molar-refractivity contribution in [2.45, 2.75) is 43.9 Å². The van der Waals surface area contributed by atoms with Gasteiger partial charge in [-0.3, -0.25) is 9.58 Å². The number of β-amino-alcohol motifs (C(OH)–C–C–N with tert-alkyl or cyclic N) is 1. The second-order valence-corrected chi connectivity index (χ2v) is 5.47. The minimum absolute atomic E-state index is 0.116. The maximum Gasteiger partial charge on any atom is 0.157 e. The van der Waals surface area contributed by atoms with Gasteiger partial charge in [0, 0.05) is 26.2 Å². The van der Waals surface area contributed by atoms with E-state index in [9.17, 15) is 5.11 Å². The molecule has 0 aromatic carbocycles. The van der Waals surface area contributed by atoms with E-state index in [1.165, 1.54) is 25.7 Å². The van der Waals surface area contributed by atoms with Crippen molar-refractivity contribution >= 4 is 0 Å². The lowest BCUT2D eigenvalue weighted by atomic mass is 10.2. The van der Waals surface area contributed by atoms with Gasteiger partial charge in [0.2, 0.25) is 0 Å². The molecule has 0 unspecified atom stereocenters. The van der Waals surface area contributed by atoms with Crippen molar-refractivity contribution < 1.29 is 9.84 Å². The highest BCUT2D eigenvalue weighted by molar-refractivity contribution is 5.13. The summed E-state index contributed by atoms with van der Waals surface area (Å²) in [5.74, 6) is 0.745. The molecule has 0 radical (unpaired) electrons. The molecule has 18 heavy (non-hydrogen) atoms. The van der Waals surface area contributed by atoms with Gasteiger partial charge in [-0.1, -0.05) is 12.8 Å². The smallest absolute Gasteiger partial charge is 0.157 e. The van der Waals surface area contributed by atoms with Gasteiger partial charge in [0.1, 0.15) is 12.2 Å². The normalized spacial score (nSPS) is 30.1. The summed E-state index contributed by atoms with van der Waals surface area (Å²) in [5, 5.41) is 14.2. The summed E-state index contributed by atoms with van der Waals surface area (Å²) < 4.78 is 7.54. The van der Waals surface area contributed by atoms with E-state index < -0.39 is 0 Å². The molecule has 1 aliphatic carbocycles. The standard InChI is InChI=1S/C13H21N3O2/c1-15-7-11(6-14-15)18-13-9-16(8-12(13)17)10-4-2-3-5-10/h6-7,10,12-13,17H,2-5,8-9H2,1H3/t12-,13-/m1/s1. The van der Waals surface area contributed by atoms with Crippen LogP contribution < -0.4 is 4.74 Å². The molecule has 1 aromatic rings. The third kappa shape index (κ3) is 2.37. The van der Waals surface area contributed by atoms with Gasteiger partial charge in [-0.15, -0.1) is 0 Å². The first-order valence-electron chi connectivity index (χ1n) is 6.80. The van der Waals surface area contributed by atoms with Crippen LogP contribution in [0.4, 0.5) is 0 Å². The fourth-order valence-corrected chi connectivity index (χ4v) is 3.10. The van der Waals surface area contributed by atoms with Crippen molar-refractivity contribution in [3.8, 4) is 5.75 Å². The number of aromatic nitrogens is 2. The number of aliphatic hydroxyl groups excluding tert-OH is 1. The van der Waals surface area contributed by atoms with Crippen LogP contribution in [0.1, 0.15) is 25.7 Å². The van der Waals surface area contributed by atoms with E-state index in [1.54, 1.807) is 10.9 Å². The summed E-state index contributed by atoms with van der Waals surface area (Å²) in [4.78, 5) is 2.39. The number of hydrogen-bond donors (Lipinski definition) is 1. The maximum atomic E-state index is 10.1. The Morgan fingerprint density at radius 1 is 1.33 bits per heavy atom. The monoisotopic (exact) mass is 251 g/mol. The van der Waals surface area contributed by atoms with Gasteiger partial charge < -0.3 is 9.84 Å². The summed E-state index contributed by atoms with van der Waals surface area (Å²) in [7, 11) is 1.86. The van der Waals surface area contributed by atoms with Crippen molar-refractivity contribution in [2.75, 3.05) is 13.1 Å². The van der Waals surface area contributed by atoms with Crippen molar-refractivity contribution in [1.29, 1.82) is 0 Å². The van der Waals surface area contributed by atoms with Crippen LogP contribution in [0.2, 0.25) is 0 Å². The van der Waals surface area contributed by atoms with Crippen LogP contribution in [-0.4, -0.2) is 51.1 Å². The Bertz CT molecular complexity index is 401. The minimum Gasteiger partial charge on any atom is -0.483 e. The van der Waals surface area contributed by atoms with Crippen LogP contribution in [0.25, 0.3) is 0 Å². The summed E-state index contributed by atoms with van der Waals surface area (Å²) in [6.07, 6.45) is 8.23. The Morgan fingerprint density at radius 2 is 2.11 bits per heavy atom. The lowest BCUT2D eigenvalue weighted by molar-refractivity contribution is 0.0736. The van der Waals surface area contributed by atoms with Crippen LogP contribution in [-0.2, 0) is 7.05 Å². The van der Waals surface area contributed by atoms with E-state index in [0.717, 1.165) is 18.8 Å². The van der Waals surface area contributed by atoms with Gasteiger partial charge >= 0.3 is 0 Å². The molecule has 0 spiro atoms. The average molecular weight is 251 g/mol. The SMILES string of the molecule is Cn1cc(O[C@@H]2CN(C3CCCC3)C[C@H]2O)cn1. The van der Waals surface area contributed by atoms with E-state index in [4.69, 9.17) is 4.74 Å². The Balaban J connectivity index is 1.60. The number of ether oxygens (including phenoxy) is 1. The molecule has 5 heteroatoms. The van der Waals surface area contributed by atoms with E-state index >= 15 is 0 Å². The first-order valence-corrected chi connectivity index (χ1v) is 6.80. The maximum absolute atomic E-state index is 10.1. The number of rotatable bonds is 3. The Kier molecular flexibility index (Phi) is 3.26. The molecule has 2 heterocycles. The van der Waals surface area contributed by atoms with E-state index in [2.05, 4.69) is 10.00 Å². The molecule has 5 nitrogen and oxygen atoms in total. The van der Waals surface area contributed by atoms with Crippen molar-refractivity contribution in [1.82, 2.24) is 14.7 Å². The molecule has 1 aliphatic heterocycles. The molecule has 3 rings (SSSR count). The van der Waals surface area contributed by atoms with E-state index in [1.807, 2.05) is 13.2 Å². The van der Waals surface area contributed by atoms with Gasteiger partial charge in [0.25, 0.3) is 0 Å². The molecule has 1 saturated carbocycles. The van der Waals surface area contributed by atoms with Gasteiger partial charge in [-0.2, -0.15) is 5.10 Å². The van der Waals surface area contributed by atoms with E-state index in [-0.39, 0.29) is 12.2 Å². The van der Waals surface area contributed by atoms with Gasteiger partial charge in [0.15, 0.2) is 5.75 Å². The molecular weight excluding hydrogens is 230 g/mol. The summed E-state index contributed by atoms with van der Waals surface area (Å²) in [6, 6.07) is 0.655. The molecular formula is C13H21N3O2. The Labute approximate surface area is 107 Å². The second kappa shape index (κ2) is 4.90. The molecule has 2 fully saturated rings. The van der Waals surface area contributed by atoms with Crippen LogP contribution in [0.5, 0.6) is 5.75 Å². The fourth-order valence-electron chi connectivity index (χ4n) is 3.10. The molecule has 1 saturated heterocycles. The van der Waals surface area contributed by atoms with Gasteiger partial charge in [0.05, 0.1) is 12.4 Å². The molecule has 0 bridgehead atoms. The highest BCUT2D eigenvalue weighted by atomic mass is 16.5. The molecule has 1 aromatic heterocycles.